The molecule has 4 atom stereocenters. The smallest absolute Gasteiger partial charge is 0.256 e. The van der Waals surface area contributed by atoms with Gasteiger partial charge in [0, 0.05) is 0 Å². The monoisotopic (exact) mass is 752 g/mol. The predicted octanol–water partition coefficient (Wildman–Crippen LogP) is 8.36. The highest BCUT2D eigenvalue weighted by atomic mass is 16.3. The summed E-state index contributed by atoms with van der Waals surface area (Å²) in [6, 6.07) is 33.2. The fraction of sp³-hybridized carbons (Fsp3) is 0.304. The third-order valence-corrected chi connectivity index (χ3v) is 10.3. The number of aliphatic hydroxyl groups is 2. The number of aromatic amines is 2. The van der Waals surface area contributed by atoms with Crippen molar-refractivity contribution in [3.8, 4) is 33.6 Å². The van der Waals surface area contributed by atoms with Gasteiger partial charge in [0.2, 0.25) is 0 Å². The van der Waals surface area contributed by atoms with Gasteiger partial charge >= 0.3 is 0 Å². The Labute approximate surface area is 328 Å². The lowest BCUT2D eigenvalue weighted by Gasteiger charge is -2.33. The normalized spacial score (nSPS) is 15.2. The largest absolute Gasteiger partial charge is 0.376 e. The maximum Gasteiger partial charge on any atom is 0.256 e. The molecule has 1 unspecified atom stereocenters. The number of carbonyl (C=O) groups excluding carboxylic acids is 2. The van der Waals surface area contributed by atoms with Gasteiger partial charge in [-0.25, -0.2) is 9.97 Å². The van der Waals surface area contributed by atoms with E-state index < -0.39 is 45.9 Å². The zero-order chi connectivity index (χ0) is 40.5. The number of imidazole rings is 2. The number of hydrogen-bond donors (Lipinski definition) is 6. The van der Waals surface area contributed by atoms with Gasteiger partial charge in [-0.15, -0.1) is 0 Å². The number of rotatable bonds is 11. The lowest BCUT2D eigenvalue weighted by atomic mass is 9.85. The number of H-pyrrole nitrogens is 2. The highest BCUT2D eigenvalue weighted by Crippen LogP contribution is 2.36. The van der Waals surface area contributed by atoms with E-state index in [2.05, 4.69) is 54.8 Å². The zero-order valence-electron chi connectivity index (χ0n) is 33.3. The number of benzene rings is 4. The molecule has 0 saturated heterocycles. The van der Waals surface area contributed by atoms with E-state index in [9.17, 15) is 19.8 Å². The molecule has 290 valence electrons. The molecule has 0 radical (unpaired) electrons. The summed E-state index contributed by atoms with van der Waals surface area (Å²) in [5.41, 5.74) is 2.37. The summed E-state index contributed by atoms with van der Waals surface area (Å²) < 4.78 is 0. The molecule has 0 aliphatic heterocycles. The van der Waals surface area contributed by atoms with Crippen LogP contribution < -0.4 is 10.6 Å². The number of carbonyl (C=O) groups is 2. The molecule has 4 aromatic carbocycles. The van der Waals surface area contributed by atoms with E-state index in [1.54, 1.807) is 60.9 Å². The van der Waals surface area contributed by atoms with Crippen molar-refractivity contribution in [3.63, 3.8) is 0 Å². The maximum absolute atomic E-state index is 13.4. The molecule has 56 heavy (non-hydrogen) atoms. The Morgan fingerprint density at radius 1 is 0.500 bits per heavy atom. The van der Waals surface area contributed by atoms with Gasteiger partial charge < -0.3 is 30.8 Å². The van der Waals surface area contributed by atoms with Crippen LogP contribution in [0.25, 0.3) is 33.6 Å². The Hall–Kier alpha value is -5.84. The van der Waals surface area contributed by atoms with Crippen molar-refractivity contribution in [2.75, 3.05) is 0 Å². The molecule has 2 amide bonds. The van der Waals surface area contributed by atoms with E-state index in [0.29, 0.717) is 22.8 Å². The molecule has 0 fully saturated rings. The van der Waals surface area contributed by atoms with Crippen LogP contribution in [0.15, 0.2) is 122 Å². The number of amides is 2. The van der Waals surface area contributed by atoms with Gasteiger partial charge in [0.05, 0.1) is 35.9 Å². The van der Waals surface area contributed by atoms with Gasteiger partial charge in [0.1, 0.15) is 11.6 Å². The summed E-state index contributed by atoms with van der Waals surface area (Å²) in [6.07, 6.45) is 3.53. The molecule has 2 aromatic heterocycles. The molecule has 6 aromatic rings. The Morgan fingerprint density at radius 2 is 0.804 bits per heavy atom. The lowest BCUT2D eigenvalue weighted by Crippen LogP contribution is -2.47. The molecule has 6 N–H and O–H groups in total. The topological polar surface area (TPSA) is 156 Å². The van der Waals surface area contributed by atoms with Crippen LogP contribution in [0.3, 0.4) is 0 Å². The SMILES string of the molecule is CC(O)(C(=O)N[C@H](c1ncc(-c2ccc(-c3ccc(-c4cnc([C@@H](NC(=O)[C@@](C)(O)c5ccccc5)C(C)(C)C)[nH]4)cc3)cc2)[nH]1)C(C)(C)C)c1ccccc1. The van der Waals surface area contributed by atoms with Crippen LogP contribution in [0.5, 0.6) is 0 Å². The second-order valence-corrected chi connectivity index (χ2v) is 16.9. The van der Waals surface area contributed by atoms with Crippen LogP contribution in [-0.2, 0) is 20.8 Å². The Kier molecular flexibility index (Phi) is 10.9. The van der Waals surface area contributed by atoms with Crippen LogP contribution in [-0.4, -0.2) is 42.0 Å². The first kappa shape index (κ1) is 39.8. The van der Waals surface area contributed by atoms with Crippen molar-refractivity contribution in [1.82, 2.24) is 30.6 Å². The fourth-order valence-electron chi connectivity index (χ4n) is 6.67. The third kappa shape index (κ3) is 8.51. The molecule has 2 heterocycles. The third-order valence-electron chi connectivity index (χ3n) is 10.3. The predicted molar refractivity (Wildman–Crippen MR) is 220 cm³/mol. The maximum atomic E-state index is 13.4. The molecule has 0 aliphatic rings. The first-order valence-corrected chi connectivity index (χ1v) is 18.8. The van der Waals surface area contributed by atoms with E-state index in [-0.39, 0.29) is 0 Å². The average Bonchev–Trinajstić information content (AvgIpc) is 3.87. The summed E-state index contributed by atoms with van der Waals surface area (Å²) in [7, 11) is 0. The minimum absolute atomic E-state index is 0.403. The van der Waals surface area contributed by atoms with Crippen LogP contribution in [0.1, 0.15) is 90.2 Å². The van der Waals surface area contributed by atoms with Crippen molar-refractivity contribution < 1.29 is 19.8 Å². The van der Waals surface area contributed by atoms with E-state index in [1.165, 1.54) is 13.8 Å². The molecule has 10 nitrogen and oxygen atoms in total. The number of aromatic nitrogens is 4. The summed E-state index contributed by atoms with van der Waals surface area (Å²) in [5.74, 6) is 0.192. The van der Waals surface area contributed by atoms with Gasteiger partial charge in [0.25, 0.3) is 11.8 Å². The summed E-state index contributed by atoms with van der Waals surface area (Å²) >= 11 is 0. The molecule has 0 bridgehead atoms. The zero-order valence-corrected chi connectivity index (χ0v) is 33.3. The second kappa shape index (κ2) is 15.4. The quantitative estimate of drug-likeness (QED) is 0.0782. The van der Waals surface area contributed by atoms with Crippen LogP contribution in [0.4, 0.5) is 0 Å². The first-order chi connectivity index (χ1) is 26.4. The van der Waals surface area contributed by atoms with E-state index in [4.69, 9.17) is 0 Å². The molecule has 6 rings (SSSR count). The van der Waals surface area contributed by atoms with E-state index >= 15 is 0 Å². The van der Waals surface area contributed by atoms with Gasteiger partial charge in [-0.2, -0.15) is 0 Å². The molecule has 0 saturated carbocycles. The Balaban J connectivity index is 1.15. The van der Waals surface area contributed by atoms with E-state index in [1.807, 2.05) is 77.9 Å². The van der Waals surface area contributed by atoms with E-state index in [0.717, 1.165) is 33.6 Å². The lowest BCUT2D eigenvalue weighted by molar-refractivity contribution is -0.141. The number of nitrogens with zero attached hydrogens (tertiary/aromatic N) is 2. The molecule has 10 heteroatoms. The summed E-state index contributed by atoms with van der Waals surface area (Å²) in [4.78, 5) is 42.9. The van der Waals surface area contributed by atoms with Crippen molar-refractivity contribution >= 4 is 11.8 Å². The molecule has 0 spiro atoms. The van der Waals surface area contributed by atoms with Gasteiger partial charge in [-0.1, -0.05) is 151 Å². The number of hydrogen-bond acceptors (Lipinski definition) is 6. The Bertz CT molecular complexity index is 2100. The summed E-state index contributed by atoms with van der Waals surface area (Å²) in [6.45, 7) is 15.1. The van der Waals surface area contributed by atoms with Crippen LogP contribution >= 0.6 is 0 Å². The number of nitrogens with one attached hydrogen (secondary N) is 4. The van der Waals surface area contributed by atoms with Gasteiger partial charge in [-0.3, -0.25) is 9.59 Å². The van der Waals surface area contributed by atoms with Crippen molar-refractivity contribution in [2.45, 2.75) is 78.7 Å². The minimum atomic E-state index is -1.71. The second-order valence-electron chi connectivity index (χ2n) is 16.9. The molecular weight excluding hydrogens is 701 g/mol. The highest BCUT2D eigenvalue weighted by molar-refractivity contribution is 5.87. The van der Waals surface area contributed by atoms with Crippen LogP contribution in [0, 0.1) is 10.8 Å². The standard InChI is InChI=1S/C46H52N6O4/c1-43(2,3)37(51-41(53)45(7,55)33-15-11-9-12-16-33)39-47-27-35(49-39)31-23-19-29(20-24-31)30-21-25-32(26-22-30)36-28-48-40(50-36)38(44(4,5)6)52-42(54)46(8,56)34-17-13-10-14-18-34/h9-28,37-38,55-56H,1-8H3,(H,47,49)(H,48,50)(H,51,53)(H,52,54)/t37-,38-,45+,46?/m1/s1. The molecular formula is C46H52N6O4. The van der Waals surface area contributed by atoms with Crippen molar-refractivity contribution in [3.05, 3.63) is 144 Å². The van der Waals surface area contributed by atoms with Gasteiger partial charge in [-0.05, 0) is 58.1 Å². The fourth-order valence-corrected chi connectivity index (χ4v) is 6.67. The average molecular weight is 753 g/mol. The Morgan fingerprint density at radius 3 is 1.11 bits per heavy atom. The van der Waals surface area contributed by atoms with Crippen molar-refractivity contribution in [2.24, 2.45) is 10.8 Å². The summed E-state index contributed by atoms with van der Waals surface area (Å²) in [5, 5.41) is 28.4. The van der Waals surface area contributed by atoms with Gasteiger partial charge in [0.15, 0.2) is 11.2 Å². The first-order valence-electron chi connectivity index (χ1n) is 18.8. The van der Waals surface area contributed by atoms with Crippen LogP contribution in [0.2, 0.25) is 0 Å². The minimum Gasteiger partial charge on any atom is -0.376 e. The molecule has 0 aliphatic carbocycles. The van der Waals surface area contributed by atoms with Crippen molar-refractivity contribution in [1.29, 1.82) is 0 Å². The highest BCUT2D eigenvalue weighted by Gasteiger charge is 2.39.